The van der Waals surface area contributed by atoms with Gasteiger partial charge in [-0.1, -0.05) is 13.8 Å². The van der Waals surface area contributed by atoms with Crippen molar-refractivity contribution in [3.63, 3.8) is 0 Å². The number of hydrogen-bond acceptors (Lipinski definition) is 3. The normalized spacial score (nSPS) is 11.4. The van der Waals surface area contributed by atoms with Gasteiger partial charge < -0.3 is 5.32 Å². The Hall–Kier alpha value is -2.48. The molecule has 0 radical (unpaired) electrons. The number of halogens is 2. The molecule has 1 amide bonds. The number of hydrogen-bond donors (Lipinski definition) is 2. The molecule has 2 N–H and O–H groups in total. The maximum atomic E-state index is 13.2. The minimum Gasteiger partial charge on any atom is -0.326 e. The van der Waals surface area contributed by atoms with E-state index in [0.717, 1.165) is 12.1 Å². The van der Waals surface area contributed by atoms with E-state index in [-0.39, 0.29) is 17.5 Å². The molecule has 2 rings (SSSR count). The van der Waals surface area contributed by atoms with Crippen LogP contribution < -0.4 is 10.0 Å². The zero-order chi connectivity index (χ0) is 17.9. The predicted molar refractivity (Wildman–Crippen MR) is 87.1 cm³/mol. The molecule has 8 heteroatoms. The Morgan fingerprint density at radius 2 is 1.46 bits per heavy atom. The van der Waals surface area contributed by atoms with Crippen molar-refractivity contribution in [2.75, 3.05) is 10.0 Å². The summed E-state index contributed by atoms with van der Waals surface area (Å²) in [7, 11) is -4.13. The molecule has 2 aromatic rings. The number of rotatable bonds is 5. The monoisotopic (exact) mass is 354 g/mol. The Labute approximate surface area is 138 Å². The lowest BCUT2D eigenvalue weighted by Crippen LogP contribution is -2.17. The van der Waals surface area contributed by atoms with Gasteiger partial charge in [0, 0.05) is 23.4 Å². The first kappa shape index (κ1) is 17.9. The quantitative estimate of drug-likeness (QED) is 0.864. The lowest BCUT2D eigenvalue weighted by molar-refractivity contribution is -0.118. The van der Waals surface area contributed by atoms with Crippen LogP contribution in [0.5, 0.6) is 0 Å². The average Bonchev–Trinajstić information content (AvgIpc) is 2.48. The van der Waals surface area contributed by atoms with Crippen LogP contribution in [0.15, 0.2) is 47.4 Å². The predicted octanol–water partition coefficient (Wildman–Crippen LogP) is 3.36. The molecule has 0 aliphatic rings. The number of amides is 1. The minimum atomic E-state index is -4.13. The van der Waals surface area contributed by atoms with Gasteiger partial charge in [0.2, 0.25) is 5.91 Å². The first-order chi connectivity index (χ1) is 11.2. The number of anilines is 2. The highest BCUT2D eigenvalue weighted by Crippen LogP contribution is 2.20. The van der Waals surface area contributed by atoms with Gasteiger partial charge in [0.25, 0.3) is 10.0 Å². The summed E-state index contributed by atoms with van der Waals surface area (Å²) >= 11 is 0. The van der Waals surface area contributed by atoms with Crippen molar-refractivity contribution in [2.45, 2.75) is 18.7 Å². The molecule has 0 aliphatic heterocycles. The first-order valence-electron chi connectivity index (χ1n) is 7.07. The Balaban J connectivity index is 2.17. The molecule has 24 heavy (non-hydrogen) atoms. The number of nitrogens with one attached hydrogen (secondary N) is 2. The van der Waals surface area contributed by atoms with Gasteiger partial charge in [-0.15, -0.1) is 0 Å². The molecule has 0 aromatic heterocycles. The van der Waals surface area contributed by atoms with E-state index in [1.165, 1.54) is 24.3 Å². The SMILES string of the molecule is CC(C)C(=O)Nc1ccc(NS(=O)(=O)c2cc(F)cc(F)c2)cc1. The smallest absolute Gasteiger partial charge is 0.262 e. The van der Waals surface area contributed by atoms with E-state index < -0.39 is 26.6 Å². The maximum absolute atomic E-state index is 13.2. The fourth-order valence-electron chi connectivity index (χ4n) is 1.81. The number of carbonyl (C=O) groups is 1. The van der Waals surface area contributed by atoms with Crippen molar-refractivity contribution in [2.24, 2.45) is 5.92 Å². The van der Waals surface area contributed by atoms with Crippen molar-refractivity contribution >= 4 is 27.3 Å². The number of carbonyl (C=O) groups excluding carboxylic acids is 1. The van der Waals surface area contributed by atoms with Crippen LogP contribution in [-0.2, 0) is 14.8 Å². The summed E-state index contributed by atoms with van der Waals surface area (Å²) in [6, 6.07) is 7.94. The summed E-state index contributed by atoms with van der Waals surface area (Å²) in [6.45, 7) is 3.49. The summed E-state index contributed by atoms with van der Waals surface area (Å²) in [6.07, 6.45) is 0. The average molecular weight is 354 g/mol. The van der Waals surface area contributed by atoms with Crippen LogP contribution >= 0.6 is 0 Å². The summed E-state index contributed by atoms with van der Waals surface area (Å²) < 4.78 is 52.8. The first-order valence-corrected chi connectivity index (χ1v) is 8.55. The fraction of sp³-hybridized carbons (Fsp3) is 0.188. The number of benzene rings is 2. The third-order valence-corrected chi connectivity index (χ3v) is 4.44. The molecule has 0 bridgehead atoms. The molecule has 0 atom stereocenters. The molecule has 5 nitrogen and oxygen atoms in total. The Morgan fingerprint density at radius 3 is 1.96 bits per heavy atom. The van der Waals surface area contributed by atoms with Crippen LogP contribution in [0.4, 0.5) is 20.2 Å². The van der Waals surface area contributed by atoms with Gasteiger partial charge in [-0.05, 0) is 36.4 Å². The van der Waals surface area contributed by atoms with E-state index in [4.69, 9.17) is 0 Å². The highest BCUT2D eigenvalue weighted by atomic mass is 32.2. The van der Waals surface area contributed by atoms with Crippen LogP contribution in [0.1, 0.15) is 13.8 Å². The highest BCUT2D eigenvalue weighted by Gasteiger charge is 2.17. The zero-order valence-corrected chi connectivity index (χ0v) is 13.8. The summed E-state index contributed by atoms with van der Waals surface area (Å²) in [5.41, 5.74) is 0.704. The molecule has 0 fully saturated rings. The second-order valence-corrected chi connectivity index (χ2v) is 7.11. The van der Waals surface area contributed by atoms with Gasteiger partial charge >= 0.3 is 0 Å². The van der Waals surface area contributed by atoms with Crippen LogP contribution in [0.25, 0.3) is 0 Å². The molecular formula is C16H16F2N2O3S. The lowest BCUT2D eigenvalue weighted by atomic mass is 10.2. The molecule has 0 heterocycles. The summed E-state index contributed by atoms with van der Waals surface area (Å²) in [5, 5.41) is 2.66. The Morgan fingerprint density at radius 1 is 0.958 bits per heavy atom. The third kappa shape index (κ3) is 4.51. The van der Waals surface area contributed by atoms with Crippen molar-refractivity contribution < 1.29 is 22.0 Å². The summed E-state index contributed by atoms with van der Waals surface area (Å²) in [5.74, 6) is -2.33. The molecule has 0 saturated carbocycles. The second-order valence-electron chi connectivity index (χ2n) is 5.43. The number of sulfonamides is 1. The van der Waals surface area contributed by atoms with E-state index in [1.807, 2.05) is 0 Å². The molecule has 128 valence electrons. The molecule has 2 aromatic carbocycles. The molecular weight excluding hydrogens is 338 g/mol. The molecule has 0 aliphatic carbocycles. The lowest BCUT2D eigenvalue weighted by Gasteiger charge is -2.10. The van der Waals surface area contributed by atoms with Crippen molar-refractivity contribution in [1.29, 1.82) is 0 Å². The zero-order valence-electron chi connectivity index (χ0n) is 13.0. The van der Waals surface area contributed by atoms with Gasteiger partial charge in [0.1, 0.15) is 11.6 Å². The Bertz CT molecular complexity index is 830. The molecule has 0 saturated heterocycles. The van der Waals surface area contributed by atoms with Gasteiger partial charge in [-0.3, -0.25) is 9.52 Å². The van der Waals surface area contributed by atoms with E-state index in [0.29, 0.717) is 11.8 Å². The van der Waals surface area contributed by atoms with E-state index in [9.17, 15) is 22.0 Å². The van der Waals surface area contributed by atoms with Crippen LogP contribution in [0, 0.1) is 17.6 Å². The van der Waals surface area contributed by atoms with Crippen LogP contribution in [-0.4, -0.2) is 14.3 Å². The van der Waals surface area contributed by atoms with Crippen molar-refractivity contribution in [3.05, 3.63) is 54.1 Å². The van der Waals surface area contributed by atoms with Gasteiger partial charge in [0.15, 0.2) is 0 Å². The largest absolute Gasteiger partial charge is 0.326 e. The standard InChI is InChI=1S/C16H16F2N2O3S/c1-10(2)16(21)19-13-3-5-14(6-4-13)20-24(22,23)15-8-11(17)7-12(18)9-15/h3-10,20H,1-2H3,(H,19,21). The Kier molecular flexibility index (Phi) is 5.18. The molecule has 0 unspecified atom stereocenters. The van der Waals surface area contributed by atoms with E-state index in [2.05, 4.69) is 10.0 Å². The maximum Gasteiger partial charge on any atom is 0.262 e. The van der Waals surface area contributed by atoms with Gasteiger partial charge in [-0.2, -0.15) is 0 Å². The van der Waals surface area contributed by atoms with Crippen LogP contribution in [0.3, 0.4) is 0 Å². The van der Waals surface area contributed by atoms with Crippen molar-refractivity contribution in [1.82, 2.24) is 0 Å². The van der Waals surface area contributed by atoms with E-state index >= 15 is 0 Å². The minimum absolute atomic E-state index is 0.168. The third-order valence-electron chi connectivity index (χ3n) is 3.08. The van der Waals surface area contributed by atoms with Crippen LogP contribution in [0.2, 0.25) is 0 Å². The second kappa shape index (κ2) is 6.96. The topological polar surface area (TPSA) is 75.3 Å². The van der Waals surface area contributed by atoms with E-state index in [1.54, 1.807) is 13.8 Å². The van der Waals surface area contributed by atoms with Gasteiger partial charge in [0.05, 0.1) is 4.90 Å². The summed E-state index contributed by atoms with van der Waals surface area (Å²) in [4.78, 5) is 11.1. The fourth-order valence-corrected chi connectivity index (χ4v) is 2.91. The van der Waals surface area contributed by atoms with Gasteiger partial charge in [-0.25, -0.2) is 17.2 Å². The molecule has 0 spiro atoms. The van der Waals surface area contributed by atoms with Crippen molar-refractivity contribution in [3.8, 4) is 0 Å². The highest BCUT2D eigenvalue weighted by molar-refractivity contribution is 7.92.